The molecular weight excluding hydrogens is 424 g/mol. The van der Waals surface area contributed by atoms with Crippen molar-refractivity contribution >= 4 is 57.8 Å². The standard InChI is InChI=1S/C20H22N4O4S2/c1-4-16(25)23-19(29)21-12-8-10-13(11-9-12)22-20(30)24-18(26)17-14(27-2)6-5-7-15(17)28-3/h5-11H,4H2,1-3H3,(H2,21,23,25,29)(H2,22,24,26,30). The summed E-state index contributed by atoms with van der Waals surface area (Å²) in [6.07, 6.45) is 0.342. The van der Waals surface area contributed by atoms with E-state index in [0.717, 1.165) is 0 Å². The number of rotatable bonds is 6. The zero-order valence-corrected chi connectivity index (χ0v) is 18.3. The van der Waals surface area contributed by atoms with Gasteiger partial charge in [-0.05, 0) is 60.8 Å². The second kappa shape index (κ2) is 11.1. The Hall–Kier alpha value is -3.24. The molecule has 8 nitrogen and oxygen atoms in total. The summed E-state index contributed by atoms with van der Waals surface area (Å²) in [5, 5.41) is 11.3. The van der Waals surface area contributed by atoms with Crippen molar-refractivity contribution in [3.05, 3.63) is 48.0 Å². The van der Waals surface area contributed by atoms with Gasteiger partial charge in [0.2, 0.25) is 5.91 Å². The van der Waals surface area contributed by atoms with Crippen molar-refractivity contribution in [2.24, 2.45) is 0 Å². The first-order chi connectivity index (χ1) is 14.4. The number of thiocarbonyl (C=S) groups is 2. The highest BCUT2D eigenvalue weighted by Crippen LogP contribution is 2.28. The third kappa shape index (κ3) is 6.39. The number of hydrogen-bond acceptors (Lipinski definition) is 6. The molecule has 0 heterocycles. The zero-order chi connectivity index (χ0) is 22.1. The van der Waals surface area contributed by atoms with E-state index in [4.69, 9.17) is 33.9 Å². The molecule has 10 heteroatoms. The van der Waals surface area contributed by atoms with Gasteiger partial charge in [0.25, 0.3) is 5.91 Å². The van der Waals surface area contributed by atoms with Crippen LogP contribution in [0.3, 0.4) is 0 Å². The van der Waals surface area contributed by atoms with E-state index in [0.29, 0.717) is 29.3 Å². The average molecular weight is 447 g/mol. The van der Waals surface area contributed by atoms with Gasteiger partial charge >= 0.3 is 0 Å². The molecule has 2 rings (SSSR count). The van der Waals surface area contributed by atoms with Crippen molar-refractivity contribution in [3.63, 3.8) is 0 Å². The van der Waals surface area contributed by atoms with E-state index in [1.54, 1.807) is 49.4 Å². The van der Waals surface area contributed by atoms with Gasteiger partial charge in [-0.25, -0.2) is 0 Å². The molecule has 2 aromatic carbocycles. The summed E-state index contributed by atoms with van der Waals surface area (Å²) >= 11 is 10.3. The third-order valence-electron chi connectivity index (χ3n) is 3.86. The molecule has 0 fully saturated rings. The van der Waals surface area contributed by atoms with E-state index in [9.17, 15) is 9.59 Å². The number of hydrogen-bond donors (Lipinski definition) is 4. The number of carbonyl (C=O) groups excluding carboxylic acids is 2. The lowest BCUT2D eigenvalue weighted by Gasteiger charge is -2.14. The lowest BCUT2D eigenvalue weighted by molar-refractivity contribution is -0.119. The van der Waals surface area contributed by atoms with Crippen LogP contribution in [0.15, 0.2) is 42.5 Å². The van der Waals surface area contributed by atoms with Gasteiger partial charge in [0.15, 0.2) is 10.2 Å². The predicted molar refractivity (Wildman–Crippen MR) is 124 cm³/mol. The molecule has 0 bridgehead atoms. The fourth-order valence-corrected chi connectivity index (χ4v) is 2.86. The normalized spacial score (nSPS) is 9.83. The van der Waals surface area contributed by atoms with Crippen molar-refractivity contribution in [3.8, 4) is 11.5 Å². The van der Waals surface area contributed by atoms with Gasteiger partial charge < -0.3 is 25.4 Å². The zero-order valence-electron chi connectivity index (χ0n) is 16.7. The van der Waals surface area contributed by atoms with Crippen LogP contribution in [-0.4, -0.2) is 36.3 Å². The minimum atomic E-state index is -0.461. The van der Waals surface area contributed by atoms with Crippen LogP contribution < -0.4 is 30.7 Å². The monoisotopic (exact) mass is 446 g/mol. The summed E-state index contributed by atoms with van der Waals surface area (Å²) in [6, 6.07) is 12.0. The molecule has 0 aliphatic rings. The van der Waals surface area contributed by atoms with E-state index < -0.39 is 5.91 Å². The summed E-state index contributed by atoms with van der Waals surface area (Å²) in [7, 11) is 2.94. The molecule has 30 heavy (non-hydrogen) atoms. The number of amides is 2. The minimum Gasteiger partial charge on any atom is -0.496 e. The smallest absolute Gasteiger partial charge is 0.264 e. The van der Waals surface area contributed by atoms with Crippen LogP contribution in [0.5, 0.6) is 11.5 Å². The largest absolute Gasteiger partial charge is 0.496 e. The maximum absolute atomic E-state index is 12.6. The van der Waals surface area contributed by atoms with E-state index in [1.807, 2.05) is 0 Å². The van der Waals surface area contributed by atoms with Gasteiger partial charge in [0.05, 0.1) is 14.2 Å². The Morgan fingerprint density at radius 3 is 1.73 bits per heavy atom. The molecule has 0 spiro atoms. The lowest BCUT2D eigenvalue weighted by atomic mass is 10.1. The molecule has 0 saturated heterocycles. The first kappa shape index (κ1) is 23.0. The van der Waals surface area contributed by atoms with Crippen molar-refractivity contribution in [2.75, 3.05) is 24.9 Å². The second-order valence-corrected chi connectivity index (χ2v) is 6.70. The molecule has 0 aliphatic carbocycles. The third-order valence-corrected chi connectivity index (χ3v) is 4.26. The molecule has 0 atom stereocenters. The summed E-state index contributed by atoms with van der Waals surface area (Å²) in [4.78, 5) is 24.0. The topological polar surface area (TPSA) is 101 Å². The van der Waals surface area contributed by atoms with Crippen LogP contribution in [-0.2, 0) is 4.79 Å². The number of methoxy groups -OCH3 is 2. The van der Waals surface area contributed by atoms with E-state index in [2.05, 4.69) is 21.3 Å². The summed E-state index contributed by atoms with van der Waals surface area (Å²) in [5.74, 6) is 0.114. The van der Waals surface area contributed by atoms with E-state index >= 15 is 0 Å². The summed E-state index contributed by atoms with van der Waals surface area (Å²) < 4.78 is 10.5. The molecule has 2 amide bonds. The molecule has 0 saturated carbocycles. The van der Waals surface area contributed by atoms with Gasteiger partial charge in [-0.15, -0.1) is 0 Å². The Labute approximate surface area is 185 Å². The Kier molecular flexibility index (Phi) is 8.51. The molecule has 2 aromatic rings. The van der Waals surface area contributed by atoms with Crippen molar-refractivity contribution in [1.29, 1.82) is 0 Å². The maximum atomic E-state index is 12.6. The molecule has 158 valence electrons. The van der Waals surface area contributed by atoms with Crippen LogP contribution in [0.1, 0.15) is 23.7 Å². The van der Waals surface area contributed by atoms with Crippen LogP contribution in [0.2, 0.25) is 0 Å². The van der Waals surface area contributed by atoms with Crippen molar-refractivity contribution < 1.29 is 19.1 Å². The van der Waals surface area contributed by atoms with Gasteiger partial charge in [-0.2, -0.15) is 0 Å². The SMILES string of the molecule is CCC(=O)NC(=S)Nc1ccc(NC(=S)NC(=O)c2c(OC)cccc2OC)cc1. The molecule has 0 radical (unpaired) electrons. The fraction of sp³-hybridized carbons (Fsp3) is 0.200. The number of ether oxygens (including phenoxy) is 2. The van der Waals surface area contributed by atoms with Gasteiger partial charge in [0.1, 0.15) is 17.1 Å². The molecular formula is C20H22N4O4S2. The van der Waals surface area contributed by atoms with Gasteiger partial charge in [-0.1, -0.05) is 13.0 Å². The van der Waals surface area contributed by atoms with E-state index in [1.165, 1.54) is 14.2 Å². The minimum absolute atomic E-state index is 0.111. The predicted octanol–water partition coefficient (Wildman–Crippen LogP) is 3.05. The van der Waals surface area contributed by atoms with Gasteiger partial charge in [0, 0.05) is 17.8 Å². The van der Waals surface area contributed by atoms with Crippen molar-refractivity contribution in [2.45, 2.75) is 13.3 Å². The van der Waals surface area contributed by atoms with Crippen LogP contribution in [0.4, 0.5) is 11.4 Å². The summed E-state index contributed by atoms with van der Waals surface area (Å²) in [6.45, 7) is 1.74. The van der Waals surface area contributed by atoms with Crippen LogP contribution in [0, 0.1) is 0 Å². The number of anilines is 2. The Balaban J connectivity index is 1.98. The highest BCUT2D eigenvalue weighted by molar-refractivity contribution is 7.80. The highest BCUT2D eigenvalue weighted by Gasteiger charge is 2.19. The maximum Gasteiger partial charge on any atom is 0.264 e. The highest BCUT2D eigenvalue weighted by atomic mass is 32.1. The molecule has 4 N–H and O–H groups in total. The first-order valence-electron chi connectivity index (χ1n) is 8.92. The molecule has 0 unspecified atom stereocenters. The fourth-order valence-electron chi connectivity index (χ4n) is 2.42. The van der Waals surface area contributed by atoms with Crippen LogP contribution >= 0.6 is 24.4 Å². The van der Waals surface area contributed by atoms with Crippen LogP contribution in [0.25, 0.3) is 0 Å². The molecule has 0 aromatic heterocycles. The Bertz CT molecular complexity index is 926. The first-order valence-corrected chi connectivity index (χ1v) is 9.73. The Morgan fingerprint density at radius 1 is 0.833 bits per heavy atom. The molecule has 0 aliphatic heterocycles. The quantitative estimate of drug-likeness (QED) is 0.503. The number of benzene rings is 2. The Morgan fingerprint density at radius 2 is 1.30 bits per heavy atom. The lowest BCUT2D eigenvalue weighted by Crippen LogP contribution is -2.34. The van der Waals surface area contributed by atoms with Crippen molar-refractivity contribution in [1.82, 2.24) is 10.6 Å². The second-order valence-electron chi connectivity index (χ2n) is 5.88. The summed E-state index contributed by atoms with van der Waals surface area (Å²) in [5.41, 5.74) is 1.59. The number of nitrogens with one attached hydrogen (secondary N) is 4. The number of carbonyl (C=O) groups is 2. The average Bonchev–Trinajstić information content (AvgIpc) is 2.74. The van der Waals surface area contributed by atoms with E-state index in [-0.39, 0.29) is 21.7 Å². The van der Waals surface area contributed by atoms with Gasteiger partial charge in [-0.3, -0.25) is 14.9 Å².